The van der Waals surface area contributed by atoms with E-state index in [0.29, 0.717) is 10.8 Å². The van der Waals surface area contributed by atoms with Gasteiger partial charge in [0.1, 0.15) is 0 Å². The fourth-order valence-corrected chi connectivity index (χ4v) is 4.20. The third-order valence-corrected chi connectivity index (χ3v) is 5.36. The van der Waals surface area contributed by atoms with E-state index in [0.717, 1.165) is 13.2 Å². The number of rotatable bonds is 2. The highest BCUT2D eigenvalue weighted by molar-refractivity contribution is 5.85. The van der Waals surface area contributed by atoms with Crippen LogP contribution in [0.4, 0.5) is 0 Å². The number of hydrogen-bond acceptors (Lipinski definition) is 3. The Morgan fingerprint density at radius 3 is 2.63 bits per heavy atom. The van der Waals surface area contributed by atoms with Crippen molar-refractivity contribution < 1.29 is 4.74 Å². The predicted octanol–water partition coefficient (Wildman–Crippen LogP) is 2.30. The Hall–Kier alpha value is 0.170. The average molecular weight is 289 g/mol. The van der Waals surface area contributed by atoms with Crippen molar-refractivity contribution in [1.29, 1.82) is 0 Å². The third-order valence-electron chi connectivity index (χ3n) is 5.36. The summed E-state index contributed by atoms with van der Waals surface area (Å²) in [4.78, 5) is 2.75. The molecule has 1 unspecified atom stereocenters. The van der Waals surface area contributed by atoms with Gasteiger partial charge in [0.15, 0.2) is 0 Å². The molecule has 3 saturated heterocycles. The summed E-state index contributed by atoms with van der Waals surface area (Å²) in [6, 6.07) is 0. The zero-order valence-corrected chi connectivity index (χ0v) is 13.1. The predicted molar refractivity (Wildman–Crippen MR) is 81.0 cm³/mol. The van der Waals surface area contributed by atoms with Crippen molar-refractivity contribution in [3.05, 3.63) is 0 Å². The zero-order valence-electron chi connectivity index (χ0n) is 12.2. The van der Waals surface area contributed by atoms with Crippen LogP contribution >= 0.6 is 12.4 Å². The minimum atomic E-state index is 0. The van der Waals surface area contributed by atoms with Crippen LogP contribution in [0.1, 0.15) is 39.0 Å². The van der Waals surface area contributed by atoms with Crippen LogP contribution in [0.2, 0.25) is 0 Å². The summed E-state index contributed by atoms with van der Waals surface area (Å²) in [5, 5.41) is 3.53. The number of piperidine rings is 1. The normalized spacial score (nSPS) is 35.2. The summed E-state index contributed by atoms with van der Waals surface area (Å²) in [7, 11) is 0. The molecule has 0 saturated carbocycles. The summed E-state index contributed by atoms with van der Waals surface area (Å²) in [6.45, 7) is 10.8. The van der Waals surface area contributed by atoms with Crippen LogP contribution in [-0.4, -0.2) is 50.8 Å². The monoisotopic (exact) mass is 288 g/mol. The first kappa shape index (κ1) is 15.6. The molecular weight excluding hydrogens is 260 g/mol. The first-order valence-corrected chi connectivity index (χ1v) is 7.71. The Bertz CT molecular complexity index is 280. The Morgan fingerprint density at radius 2 is 1.95 bits per heavy atom. The molecule has 3 nitrogen and oxygen atoms in total. The number of nitrogens with zero attached hydrogens (tertiary/aromatic N) is 1. The van der Waals surface area contributed by atoms with Gasteiger partial charge in [-0.3, -0.25) is 0 Å². The van der Waals surface area contributed by atoms with E-state index in [-0.39, 0.29) is 12.4 Å². The molecule has 1 N–H and O–H groups in total. The first-order chi connectivity index (χ1) is 8.70. The van der Waals surface area contributed by atoms with Gasteiger partial charge in [0, 0.05) is 32.8 Å². The molecule has 0 aromatic heterocycles. The van der Waals surface area contributed by atoms with Crippen molar-refractivity contribution in [2.24, 2.45) is 10.8 Å². The van der Waals surface area contributed by atoms with Gasteiger partial charge in [-0.05, 0) is 56.0 Å². The maximum Gasteiger partial charge on any atom is 0.0471 e. The zero-order chi connectivity index (χ0) is 12.5. The molecule has 0 aromatic rings. The lowest BCUT2D eigenvalue weighted by molar-refractivity contribution is -0.0339. The molecule has 3 heterocycles. The lowest BCUT2D eigenvalue weighted by atomic mass is 9.73. The molecule has 1 atom stereocenters. The van der Waals surface area contributed by atoms with E-state index in [4.69, 9.17) is 4.74 Å². The van der Waals surface area contributed by atoms with E-state index in [2.05, 4.69) is 17.1 Å². The minimum absolute atomic E-state index is 0. The highest BCUT2D eigenvalue weighted by Crippen LogP contribution is 2.40. The Morgan fingerprint density at radius 1 is 1.16 bits per heavy atom. The fraction of sp³-hybridized carbons (Fsp3) is 1.00. The van der Waals surface area contributed by atoms with E-state index >= 15 is 0 Å². The summed E-state index contributed by atoms with van der Waals surface area (Å²) >= 11 is 0. The Labute approximate surface area is 123 Å². The van der Waals surface area contributed by atoms with Crippen LogP contribution in [-0.2, 0) is 4.74 Å². The van der Waals surface area contributed by atoms with Crippen molar-refractivity contribution in [2.45, 2.75) is 39.0 Å². The van der Waals surface area contributed by atoms with Crippen molar-refractivity contribution >= 4 is 12.4 Å². The van der Waals surface area contributed by atoms with E-state index in [1.807, 2.05) is 0 Å². The molecule has 3 aliphatic rings. The lowest BCUT2D eigenvalue weighted by Gasteiger charge is -2.47. The largest absolute Gasteiger partial charge is 0.381 e. The third kappa shape index (κ3) is 3.63. The van der Waals surface area contributed by atoms with Crippen molar-refractivity contribution in [3.63, 3.8) is 0 Å². The molecular formula is C15H29ClN2O. The summed E-state index contributed by atoms with van der Waals surface area (Å²) < 4.78 is 5.56. The highest BCUT2D eigenvalue weighted by Gasteiger charge is 2.39. The van der Waals surface area contributed by atoms with Crippen LogP contribution in [0.25, 0.3) is 0 Å². The molecule has 0 aromatic carbocycles. The fourth-order valence-electron chi connectivity index (χ4n) is 4.20. The topological polar surface area (TPSA) is 24.5 Å². The van der Waals surface area contributed by atoms with Crippen LogP contribution < -0.4 is 5.32 Å². The SMILES string of the molecule is CC1(CN2CCCC3(CCOCC3)C2)CCNC1.Cl. The van der Waals surface area contributed by atoms with Gasteiger partial charge in [-0.1, -0.05) is 6.92 Å². The highest BCUT2D eigenvalue weighted by atomic mass is 35.5. The number of hydrogen-bond donors (Lipinski definition) is 1. The van der Waals surface area contributed by atoms with Gasteiger partial charge in [-0.25, -0.2) is 0 Å². The lowest BCUT2D eigenvalue weighted by Crippen LogP contribution is -2.49. The van der Waals surface area contributed by atoms with Crippen LogP contribution in [0.3, 0.4) is 0 Å². The molecule has 0 aliphatic carbocycles. The molecule has 112 valence electrons. The van der Waals surface area contributed by atoms with E-state index in [1.165, 1.54) is 64.8 Å². The molecule has 3 aliphatic heterocycles. The smallest absolute Gasteiger partial charge is 0.0471 e. The summed E-state index contributed by atoms with van der Waals surface area (Å²) in [5.74, 6) is 0. The summed E-state index contributed by atoms with van der Waals surface area (Å²) in [5.41, 5.74) is 1.11. The maximum atomic E-state index is 5.56. The molecule has 0 amide bonds. The standard InChI is InChI=1S/C15H28N2O.ClH/c1-14(4-7-16-11-14)12-17-8-2-3-15(13-17)5-9-18-10-6-15;/h16H,2-13H2,1H3;1H. The first-order valence-electron chi connectivity index (χ1n) is 7.71. The maximum absolute atomic E-state index is 5.56. The molecule has 0 bridgehead atoms. The molecule has 19 heavy (non-hydrogen) atoms. The van der Waals surface area contributed by atoms with Gasteiger partial charge in [0.2, 0.25) is 0 Å². The second-order valence-electron chi connectivity index (χ2n) is 7.16. The quantitative estimate of drug-likeness (QED) is 0.844. The van der Waals surface area contributed by atoms with E-state index < -0.39 is 0 Å². The molecule has 4 heteroatoms. The van der Waals surface area contributed by atoms with E-state index in [1.54, 1.807) is 0 Å². The Balaban J connectivity index is 0.00000133. The van der Waals surface area contributed by atoms with Crippen LogP contribution in [0.15, 0.2) is 0 Å². The molecule has 3 rings (SSSR count). The molecule has 0 radical (unpaired) electrons. The van der Waals surface area contributed by atoms with Gasteiger partial charge in [-0.2, -0.15) is 0 Å². The minimum Gasteiger partial charge on any atom is -0.381 e. The van der Waals surface area contributed by atoms with Crippen LogP contribution in [0, 0.1) is 10.8 Å². The average Bonchev–Trinajstić information content (AvgIpc) is 2.77. The van der Waals surface area contributed by atoms with Gasteiger partial charge in [-0.15, -0.1) is 12.4 Å². The van der Waals surface area contributed by atoms with Gasteiger partial charge < -0.3 is 15.0 Å². The number of halogens is 1. The Kier molecular flexibility index (Phi) is 5.15. The number of nitrogens with one attached hydrogen (secondary N) is 1. The van der Waals surface area contributed by atoms with Gasteiger partial charge >= 0.3 is 0 Å². The van der Waals surface area contributed by atoms with E-state index in [9.17, 15) is 0 Å². The van der Waals surface area contributed by atoms with Crippen molar-refractivity contribution in [3.8, 4) is 0 Å². The molecule has 3 fully saturated rings. The molecule has 1 spiro atoms. The van der Waals surface area contributed by atoms with Crippen molar-refractivity contribution in [1.82, 2.24) is 10.2 Å². The second-order valence-corrected chi connectivity index (χ2v) is 7.16. The van der Waals surface area contributed by atoms with Gasteiger partial charge in [0.05, 0.1) is 0 Å². The van der Waals surface area contributed by atoms with Crippen molar-refractivity contribution in [2.75, 3.05) is 45.9 Å². The number of likely N-dealkylation sites (tertiary alicyclic amines) is 1. The second kappa shape index (κ2) is 6.30. The number of ether oxygens (including phenoxy) is 1. The van der Waals surface area contributed by atoms with Crippen LogP contribution in [0.5, 0.6) is 0 Å². The van der Waals surface area contributed by atoms with Gasteiger partial charge in [0.25, 0.3) is 0 Å². The summed E-state index contributed by atoms with van der Waals surface area (Å²) in [6.07, 6.45) is 6.75.